The van der Waals surface area contributed by atoms with Gasteiger partial charge in [0.05, 0.1) is 5.56 Å². The van der Waals surface area contributed by atoms with Crippen molar-refractivity contribution in [2.75, 3.05) is 0 Å². The molecule has 3 nitrogen and oxygen atoms in total. The second-order valence-corrected chi connectivity index (χ2v) is 8.58. The van der Waals surface area contributed by atoms with Crippen LogP contribution in [0, 0.1) is 6.92 Å². The second-order valence-electron chi connectivity index (χ2n) is 6.57. The fourth-order valence-corrected chi connectivity index (χ4v) is 4.20. The number of thiol groups is 2. The summed E-state index contributed by atoms with van der Waals surface area (Å²) >= 11 is 9.81. The third-order valence-electron chi connectivity index (χ3n) is 4.51. The van der Waals surface area contributed by atoms with Crippen molar-refractivity contribution in [1.82, 2.24) is 0 Å². The van der Waals surface area contributed by atoms with Gasteiger partial charge < -0.3 is 4.42 Å². The summed E-state index contributed by atoms with van der Waals surface area (Å²) in [6, 6.07) is 20.0. The summed E-state index contributed by atoms with van der Waals surface area (Å²) in [4.78, 5) is 27.2. The molecular weight excluding hydrogens is 420 g/mol. The summed E-state index contributed by atoms with van der Waals surface area (Å²) in [6.07, 6.45) is 0. The molecule has 0 aromatic heterocycles. The zero-order valence-electron chi connectivity index (χ0n) is 15.4. The normalized spacial score (nSPS) is 11.0. The molecule has 0 saturated carbocycles. The molecule has 0 amide bonds. The minimum absolute atomic E-state index is 0.124. The van der Waals surface area contributed by atoms with Crippen LogP contribution in [0.5, 0.6) is 0 Å². The molecule has 0 atom stereocenters. The molecule has 2 aliphatic rings. The number of hydrogen-bond acceptors (Lipinski definition) is 6. The fourth-order valence-electron chi connectivity index (χ4n) is 2.98. The van der Waals surface area contributed by atoms with Crippen LogP contribution < -0.4 is 5.63 Å². The largest absolute Gasteiger partial charge is 0.422 e. The molecule has 1 aliphatic heterocycles. The van der Waals surface area contributed by atoms with Crippen molar-refractivity contribution >= 4 is 42.1 Å². The number of fused-ring (bicyclic) bond motifs is 1. The minimum Gasteiger partial charge on any atom is -0.422 e. The number of benzene rings is 2. The summed E-state index contributed by atoms with van der Waals surface area (Å²) in [5.74, 6) is 0.423. The first-order chi connectivity index (χ1) is 13.9. The number of rotatable bonds is 3. The Balaban J connectivity index is 1.74. The second kappa shape index (κ2) is 8.14. The highest BCUT2D eigenvalue weighted by atomic mass is 32.2. The molecule has 0 saturated heterocycles. The van der Waals surface area contributed by atoms with Gasteiger partial charge in [0, 0.05) is 25.8 Å². The first-order valence-corrected chi connectivity index (χ1v) is 10.5. The molecule has 6 heteroatoms. The van der Waals surface area contributed by atoms with Crippen LogP contribution in [0.3, 0.4) is 0 Å². The highest BCUT2D eigenvalue weighted by Gasteiger charge is 2.20. The van der Waals surface area contributed by atoms with Crippen molar-refractivity contribution in [3.05, 3.63) is 88.3 Å². The van der Waals surface area contributed by atoms with Gasteiger partial charge in [-0.1, -0.05) is 29.8 Å². The van der Waals surface area contributed by atoms with Gasteiger partial charge in [-0.25, -0.2) is 4.79 Å². The van der Waals surface area contributed by atoms with E-state index in [1.165, 1.54) is 0 Å². The molecule has 0 unspecified atom stereocenters. The summed E-state index contributed by atoms with van der Waals surface area (Å²) < 4.78 is 5.52. The Morgan fingerprint density at radius 1 is 0.931 bits per heavy atom. The lowest BCUT2D eigenvalue weighted by atomic mass is 10.0. The van der Waals surface area contributed by atoms with Crippen LogP contribution in [0.4, 0.5) is 0 Å². The molecule has 1 heterocycles. The van der Waals surface area contributed by atoms with Crippen molar-refractivity contribution in [3.8, 4) is 22.5 Å². The Labute approximate surface area is 183 Å². The van der Waals surface area contributed by atoms with E-state index in [2.05, 4.69) is 25.3 Å². The third kappa shape index (κ3) is 4.15. The van der Waals surface area contributed by atoms with Crippen LogP contribution in [0.25, 0.3) is 22.5 Å². The van der Waals surface area contributed by atoms with E-state index < -0.39 is 5.63 Å². The lowest BCUT2D eigenvalue weighted by Gasteiger charge is -2.02. The zero-order chi connectivity index (χ0) is 20.5. The standard InChI is InChI=1S/C23H16O3S3/c1-13-2-4-14(5-3-13)21-17-10-11-19(28)20(12-18(17)26-22(21)24)29-23(25)15-6-8-16(27)9-7-15/h2-12,27-28H,1H3. The van der Waals surface area contributed by atoms with E-state index in [1.54, 1.807) is 36.4 Å². The predicted octanol–water partition coefficient (Wildman–Crippen LogP) is 6.23. The van der Waals surface area contributed by atoms with E-state index in [-0.39, 0.29) is 5.12 Å². The Morgan fingerprint density at radius 2 is 1.62 bits per heavy atom. The molecule has 2 aromatic rings. The molecule has 0 N–H and O–H groups in total. The Kier molecular flexibility index (Phi) is 5.58. The molecule has 2 aromatic carbocycles. The number of hydrogen-bond donors (Lipinski definition) is 2. The first kappa shape index (κ1) is 19.9. The molecule has 144 valence electrons. The van der Waals surface area contributed by atoms with Crippen LogP contribution in [0.1, 0.15) is 15.9 Å². The number of aryl methyl sites for hydroxylation is 1. The topological polar surface area (TPSA) is 47.3 Å². The SMILES string of the molecule is Cc1ccc(-c2c3ccc(S)c(SC(=O)c4ccc(S)cc4)cc-3oc2=O)cc1. The summed E-state index contributed by atoms with van der Waals surface area (Å²) in [7, 11) is 0. The third-order valence-corrected chi connectivity index (χ3v) is 6.33. The van der Waals surface area contributed by atoms with E-state index in [1.807, 2.05) is 37.3 Å². The Hall–Kier alpha value is -2.41. The molecule has 29 heavy (non-hydrogen) atoms. The van der Waals surface area contributed by atoms with Crippen LogP contribution in [0.15, 0.2) is 90.6 Å². The summed E-state index contributed by atoms with van der Waals surface area (Å²) in [5, 5.41) is -0.124. The highest BCUT2D eigenvalue weighted by molar-refractivity contribution is 8.14. The monoisotopic (exact) mass is 436 g/mol. The van der Waals surface area contributed by atoms with Gasteiger partial charge in [0.25, 0.3) is 0 Å². The van der Waals surface area contributed by atoms with Gasteiger partial charge in [-0.15, -0.1) is 25.3 Å². The Bertz CT molecular complexity index is 1230. The highest BCUT2D eigenvalue weighted by Crippen LogP contribution is 2.37. The van der Waals surface area contributed by atoms with Crippen molar-refractivity contribution in [2.24, 2.45) is 0 Å². The molecule has 0 spiro atoms. The van der Waals surface area contributed by atoms with Crippen molar-refractivity contribution in [1.29, 1.82) is 0 Å². The maximum absolute atomic E-state index is 12.7. The van der Waals surface area contributed by atoms with Crippen molar-refractivity contribution < 1.29 is 9.21 Å². The first-order valence-electron chi connectivity index (χ1n) is 8.80. The summed E-state index contributed by atoms with van der Waals surface area (Å²) in [5.41, 5.74) is 3.27. The number of carbonyl (C=O) groups is 1. The van der Waals surface area contributed by atoms with Gasteiger partial charge in [-0.3, -0.25) is 4.79 Å². The number of furan rings is 1. The van der Waals surface area contributed by atoms with E-state index in [9.17, 15) is 9.59 Å². The zero-order valence-corrected chi connectivity index (χ0v) is 18.0. The maximum Gasteiger partial charge on any atom is 0.344 e. The molecule has 0 bridgehead atoms. The molecular formula is C23H16O3S3. The van der Waals surface area contributed by atoms with Gasteiger partial charge in [0.1, 0.15) is 5.76 Å². The Morgan fingerprint density at radius 3 is 2.31 bits per heavy atom. The maximum atomic E-state index is 12.7. The predicted molar refractivity (Wildman–Crippen MR) is 123 cm³/mol. The van der Waals surface area contributed by atoms with E-state index in [4.69, 9.17) is 4.42 Å². The minimum atomic E-state index is -0.401. The van der Waals surface area contributed by atoms with Gasteiger partial charge in [0.2, 0.25) is 5.12 Å². The van der Waals surface area contributed by atoms with Crippen LogP contribution in [-0.2, 0) is 0 Å². The van der Waals surface area contributed by atoms with Gasteiger partial charge in [-0.05, 0) is 66.7 Å². The van der Waals surface area contributed by atoms with E-state index in [0.29, 0.717) is 32.2 Å². The van der Waals surface area contributed by atoms with Gasteiger partial charge in [0.15, 0.2) is 0 Å². The van der Waals surface area contributed by atoms with Crippen LogP contribution in [-0.4, -0.2) is 5.12 Å². The average molecular weight is 437 g/mol. The number of carbonyl (C=O) groups excluding carboxylic acids is 1. The fraction of sp³-hybridized carbons (Fsp3) is 0.0435. The van der Waals surface area contributed by atoms with Crippen LogP contribution in [0.2, 0.25) is 0 Å². The van der Waals surface area contributed by atoms with E-state index >= 15 is 0 Å². The average Bonchev–Trinajstić information content (AvgIpc) is 2.93. The smallest absolute Gasteiger partial charge is 0.344 e. The van der Waals surface area contributed by atoms with Crippen LogP contribution >= 0.6 is 37.0 Å². The quantitative estimate of drug-likeness (QED) is 0.295. The van der Waals surface area contributed by atoms with Gasteiger partial charge >= 0.3 is 5.63 Å². The molecule has 4 rings (SSSR count). The van der Waals surface area contributed by atoms with E-state index in [0.717, 1.165) is 27.8 Å². The number of thioether (sulfide) groups is 1. The molecule has 0 radical (unpaired) electrons. The van der Waals surface area contributed by atoms with Gasteiger partial charge in [-0.2, -0.15) is 0 Å². The molecule has 0 fully saturated rings. The lowest BCUT2D eigenvalue weighted by molar-refractivity contribution is 0.108. The summed E-state index contributed by atoms with van der Waals surface area (Å²) in [6.45, 7) is 1.99. The molecule has 1 aliphatic carbocycles. The van der Waals surface area contributed by atoms with Crippen molar-refractivity contribution in [2.45, 2.75) is 21.6 Å². The van der Waals surface area contributed by atoms with Crippen molar-refractivity contribution in [3.63, 3.8) is 0 Å². The lowest BCUT2D eigenvalue weighted by Crippen LogP contribution is -1.95.